The molecule has 23 heavy (non-hydrogen) atoms. The fourth-order valence-electron chi connectivity index (χ4n) is 3.05. The van der Waals surface area contributed by atoms with E-state index in [0.717, 1.165) is 37.6 Å². The van der Waals surface area contributed by atoms with Gasteiger partial charge in [-0.05, 0) is 19.0 Å². The lowest BCUT2D eigenvalue weighted by molar-refractivity contribution is 0.157. The lowest BCUT2D eigenvalue weighted by atomic mass is 10.3. The molecule has 8 heteroatoms. The van der Waals surface area contributed by atoms with Crippen molar-refractivity contribution >= 4 is 6.09 Å². The standard InChI is InChI=1S/C15H20N6O2/c22-15-20(8-9-23-15)7-6-19-5-3-17-14(19)13-10-12-11-16-2-1-4-21(12)18-13/h3,5,10,16H,1-2,4,6-9,11H2. The molecule has 0 atom stereocenters. The summed E-state index contributed by atoms with van der Waals surface area (Å²) in [7, 11) is 0. The van der Waals surface area contributed by atoms with Crippen molar-refractivity contribution < 1.29 is 9.53 Å². The van der Waals surface area contributed by atoms with E-state index in [1.165, 1.54) is 5.69 Å². The van der Waals surface area contributed by atoms with Crippen molar-refractivity contribution in [2.45, 2.75) is 26.1 Å². The molecule has 0 aliphatic carbocycles. The largest absolute Gasteiger partial charge is 0.448 e. The predicted molar refractivity (Wildman–Crippen MR) is 82.7 cm³/mol. The van der Waals surface area contributed by atoms with E-state index in [2.05, 4.69) is 21.0 Å². The number of nitrogens with one attached hydrogen (secondary N) is 1. The predicted octanol–water partition coefficient (Wildman–Crippen LogP) is 0.692. The number of rotatable bonds is 4. The summed E-state index contributed by atoms with van der Waals surface area (Å²) in [6, 6.07) is 2.10. The Hall–Kier alpha value is -2.35. The number of ether oxygens (including phenoxy) is 1. The van der Waals surface area contributed by atoms with Gasteiger partial charge in [0.1, 0.15) is 12.3 Å². The zero-order valence-electron chi connectivity index (χ0n) is 12.9. The van der Waals surface area contributed by atoms with Crippen LogP contribution in [0.1, 0.15) is 12.1 Å². The lowest BCUT2D eigenvalue weighted by Crippen LogP contribution is -2.28. The first kappa shape index (κ1) is 14.3. The number of cyclic esters (lactones) is 1. The Morgan fingerprint density at radius 1 is 1.30 bits per heavy atom. The molecule has 122 valence electrons. The van der Waals surface area contributed by atoms with Crippen LogP contribution in [0, 0.1) is 0 Å². The van der Waals surface area contributed by atoms with Crippen molar-refractivity contribution in [2.75, 3.05) is 26.2 Å². The molecule has 1 N–H and O–H groups in total. The fraction of sp³-hybridized carbons (Fsp3) is 0.533. The van der Waals surface area contributed by atoms with Crippen molar-refractivity contribution in [3.05, 3.63) is 24.2 Å². The quantitative estimate of drug-likeness (QED) is 0.898. The van der Waals surface area contributed by atoms with E-state index in [0.29, 0.717) is 26.2 Å². The maximum absolute atomic E-state index is 11.5. The summed E-state index contributed by atoms with van der Waals surface area (Å²) in [6.45, 7) is 5.25. The van der Waals surface area contributed by atoms with Gasteiger partial charge in [0.05, 0.1) is 12.2 Å². The Morgan fingerprint density at radius 2 is 2.26 bits per heavy atom. The molecule has 0 radical (unpaired) electrons. The third kappa shape index (κ3) is 2.81. The van der Waals surface area contributed by atoms with Crippen LogP contribution in [0.5, 0.6) is 0 Å². The second kappa shape index (κ2) is 6.04. The molecule has 0 spiro atoms. The van der Waals surface area contributed by atoms with E-state index < -0.39 is 0 Å². The molecular weight excluding hydrogens is 296 g/mol. The van der Waals surface area contributed by atoms with E-state index in [1.54, 1.807) is 11.1 Å². The first-order valence-electron chi connectivity index (χ1n) is 8.02. The molecule has 4 heterocycles. The minimum Gasteiger partial charge on any atom is -0.448 e. The zero-order chi connectivity index (χ0) is 15.6. The van der Waals surface area contributed by atoms with Crippen LogP contribution in [-0.2, 0) is 24.4 Å². The average molecular weight is 316 g/mol. The third-order valence-corrected chi connectivity index (χ3v) is 4.29. The van der Waals surface area contributed by atoms with Gasteiger partial charge >= 0.3 is 6.09 Å². The number of nitrogens with zero attached hydrogens (tertiary/aromatic N) is 5. The van der Waals surface area contributed by atoms with Crippen LogP contribution < -0.4 is 5.32 Å². The number of imidazole rings is 1. The average Bonchev–Trinajstić information content (AvgIpc) is 3.23. The van der Waals surface area contributed by atoms with Gasteiger partial charge in [-0.2, -0.15) is 5.10 Å². The number of hydrogen-bond donors (Lipinski definition) is 1. The van der Waals surface area contributed by atoms with Gasteiger partial charge in [0.15, 0.2) is 5.82 Å². The molecule has 2 aliphatic rings. The third-order valence-electron chi connectivity index (χ3n) is 4.29. The summed E-state index contributed by atoms with van der Waals surface area (Å²) in [4.78, 5) is 17.7. The molecule has 4 rings (SSSR count). The van der Waals surface area contributed by atoms with Crippen LogP contribution in [-0.4, -0.2) is 56.6 Å². The van der Waals surface area contributed by atoms with Crippen molar-refractivity contribution in [3.63, 3.8) is 0 Å². The Bertz CT molecular complexity index is 683. The molecule has 2 aromatic rings. The number of fused-ring (bicyclic) bond motifs is 1. The van der Waals surface area contributed by atoms with Gasteiger partial charge in [0.2, 0.25) is 0 Å². The van der Waals surface area contributed by atoms with Gasteiger partial charge in [-0.25, -0.2) is 9.78 Å². The van der Waals surface area contributed by atoms with E-state index in [1.807, 2.05) is 10.8 Å². The van der Waals surface area contributed by atoms with Crippen LogP contribution in [0.25, 0.3) is 11.5 Å². The molecule has 8 nitrogen and oxygen atoms in total. The van der Waals surface area contributed by atoms with Crippen molar-refractivity contribution in [2.24, 2.45) is 0 Å². The summed E-state index contributed by atoms with van der Waals surface area (Å²) < 4.78 is 9.06. The molecular formula is C15H20N6O2. The number of carbonyl (C=O) groups excluding carboxylic acids is 1. The normalized spacial score (nSPS) is 17.9. The van der Waals surface area contributed by atoms with Gasteiger partial charge in [0, 0.05) is 38.6 Å². The van der Waals surface area contributed by atoms with E-state index in [9.17, 15) is 4.79 Å². The summed E-state index contributed by atoms with van der Waals surface area (Å²) in [5.41, 5.74) is 2.08. The minimum atomic E-state index is -0.230. The minimum absolute atomic E-state index is 0.230. The summed E-state index contributed by atoms with van der Waals surface area (Å²) >= 11 is 0. The highest BCUT2D eigenvalue weighted by Gasteiger charge is 2.22. The Morgan fingerprint density at radius 3 is 3.13 bits per heavy atom. The molecule has 1 fully saturated rings. The lowest BCUT2D eigenvalue weighted by Gasteiger charge is -2.13. The maximum atomic E-state index is 11.5. The topological polar surface area (TPSA) is 77.2 Å². The first-order valence-corrected chi connectivity index (χ1v) is 8.02. The Kier molecular flexibility index (Phi) is 3.74. The van der Waals surface area contributed by atoms with Gasteiger partial charge in [-0.1, -0.05) is 0 Å². The highest BCUT2D eigenvalue weighted by molar-refractivity contribution is 5.69. The molecule has 2 aromatic heterocycles. The second-order valence-electron chi connectivity index (χ2n) is 5.82. The molecule has 0 unspecified atom stereocenters. The monoisotopic (exact) mass is 316 g/mol. The van der Waals surface area contributed by atoms with Gasteiger partial charge in [0.25, 0.3) is 0 Å². The second-order valence-corrected chi connectivity index (χ2v) is 5.82. The number of aromatic nitrogens is 4. The highest BCUT2D eigenvalue weighted by Crippen LogP contribution is 2.19. The van der Waals surface area contributed by atoms with E-state index >= 15 is 0 Å². The van der Waals surface area contributed by atoms with Crippen molar-refractivity contribution in [3.8, 4) is 11.5 Å². The molecule has 0 aromatic carbocycles. The van der Waals surface area contributed by atoms with Crippen LogP contribution in [0.2, 0.25) is 0 Å². The van der Waals surface area contributed by atoms with Gasteiger partial charge in [-0.3, -0.25) is 4.68 Å². The fourth-order valence-corrected chi connectivity index (χ4v) is 3.05. The van der Waals surface area contributed by atoms with Crippen LogP contribution in [0.15, 0.2) is 18.5 Å². The van der Waals surface area contributed by atoms with Gasteiger partial charge in [-0.15, -0.1) is 0 Å². The molecule has 2 aliphatic heterocycles. The van der Waals surface area contributed by atoms with Crippen LogP contribution in [0.3, 0.4) is 0 Å². The molecule has 1 amide bonds. The maximum Gasteiger partial charge on any atom is 0.410 e. The summed E-state index contributed by atoms with van der Waals surface area (Å²) in [5, 5.41) is 8.09. The van der Waals surface area contributed by atoms with Crippen LogP contribution in [0.4, 0.5) is 4.79 Å². The van der Waals surface area contributed by atoms with Crippen molar-refractivity contribution in [1.29, 1.82) is 0 Å². The number of carbonyl (C=O) groups is 1. The number of aryl methyl sites for hydroxylation is 1. The first-order chi connectivity index (χ1) is 11.3. The molecule has 0 saturated carbocycles. The van der Waals surface area contributed by atoms with E-state index in [-0.39, 0.29) is 6.09 Å². The molecule has 0 bridgehead atoms. The van der Waals surface area contributed by atoms with Crippen LogP contribution >= 0.6 is 0 Å². The van der Waals surface area contributed by atoms with Gasteiger partial charge < -0.3 is 19.5 Å². The van der Waals surface area contributed by atoms with E-state index in [4.69, 9.17) is 9.84 Å². The Balaban J connectivity index is 1.51. The summed E-state index contributed by atoms with van der Waals surface area (Å²) in [6.07, 6.45) is 4.56. The molecule has 1 saturated heterocycles. The number of hydrogen-bond acceptors (Lipinski definition) is 5. The summed E-state index contributed by atoms with van der Waals surface area (Å²) in [5.74, 6) is 0.845. The number of amides is 1. The highest BCUT2D eigenvalue weighted by atomic mass is 16.6. The zero-order valence-corrected chi connectivity index (χ0v) is 12.9. The van der Waals surface area contributed by atoms with Crippen molar-refractivity contribution in [1.82, 2.24) is 29.5 Å². The Labute approximate surface area is 134 Å². The SMILES string of the molecule is O=C1OCCN1CCn1ccnc1-c1cc2n(n1)CCCNC2. The smallest absolute Gasteiger partial charge is 0.410 e.